The maximum absolute atomic E-state index is 3.97. The van der Waals surface area contributed by atoms with E-state index in [9.17, 15) is 0 Å². The molecule has 0 aliphatic rings. The van der Waals surface area contributed by atoms with Gasteiger partial charge in [-0.2, -0.15) is 4.68 Å². The average molecular weight is 282 g/mol. The monoisotopic (exact) mass is 281 g/mol. The minimum Gasteiger partial charge on any atom is -0.313 e. The zero-order valence-electron chi connectivity index (χ0n) is 9.11. The largest absolute Gasteiger partial charge is 0.313 e. The van der Waals surface area contributed by atoms with E-state index in [0.29, 0.717) is 6.54 Å². The number of rotatable bonds is 3. The third-order valence-electron chi connectivity index (χ3n) is 2.27. The van der Waals surface area contributed by atoms with Crippen LogP contribution in [-0.2, 0) is 6.54 Å². The van der Waals surface area contributed by atoms with Gasteiger partial charge in [0.15, 0.2) is 5.82 Å². The summed E-state index contributed by atoms with van der Waals surface area (Å²) in [5.74, 6) is 0.790. The van der Waals surface area contributed by atoms with Gasteiger partial charge in [-0.05, 0) is 42.1 Å². The molecule has 16 heavy (non-hydrogen) atoms. The van der Waals surface area contributed by atoms with Crippen LogP contribution in [0.5, 0.6) is 0 Å². The lowest BCUT2D eigenvalue weighted by Crippen LogP contribution is -2.12. The van der Waals surface area contributed by atoms with E-state index in [1.165, 1.54) is 5.56 Å². The molecule has 0 bridgehead atoms. The van der Waals surface area contributed by atoms with Gasteiger partial charge >= 0.3 is 0 Å². The number of aromatic nitrogens is 4. The molecule has 0 radical (unpaired) electrons. The van der Waals surface area contributed by atoms with Gasteiger partial charge in [0, 0.05) is 4.47 Å². The zero-order valence-corrected chi connectivity index (χ0v) is 10.7. The second-order valence-corrected chi connectivity index (χ2v) is 4.33. The number of hydrogen-bond acceptors (Lipinski definition) is 4. The van der Waals surface area contributed by atoms with Crippen molar-refractivity contribution >= 4 is 15.9 Å². The minimum atomic E-state index is 0.637. The third kappa shape index (κ3) is 2.12. The number of benzene rings is 1. The SMILES string of the molecule is CNCc1nnnn1-c1ccc(C)c(Br)c1. The van der Waals surface area contributed by atoms with E-state index in [0.717, 1.165) is 16.0 Å². The van der Waals surface area contributed by atoms with Gasteiger partial charge in [-0.25, -0.2) is 0 Å². The Labute approximate surface area is 102 Å². The Kier molecular flexibility index (Phi) is 3.31. The van der Waals surface area contributed by atoms with Crippen molar-refractivity contribution in [2.75, 3.05) is 7.05 Å². The molecule has 0 atom stereocenters. The smallest absolute Gasteiger partial charge is 0.170 e. The third-order valence-corrected chi connectivity index (χ3v) is 3.12. The Morgan fingerprint density at radius 3 is 2.94 bits per heavy atom. The molecule has 0 amide bonds. The van der Waals surface area contributed by atoms with Crippen LogP contribution >= 0.6 is 15.9 Å². The number of aryl methyl sites for hydroxylation is 1. The van der Waals surface area contributed by atoms with Crippen molar-refractivity contribution in [1.82, 2.24) is 25.5 Å². The van der Waals surface area contributed by atoms with Crippen molar-refractivity contribution in [3.05, 3.63) is 34.1 Å². The van der Waals surface area contributed by atoms with Crippen LogP contribution < -0.4 is 5.32 Å². The molecule has 0 saturated heterocycles. The van der Waals surface area contributed by atoms with Gasteiger partial charge in [-0.15, -0.1) is 5.10 Å². The van der Waals surface area contributed by atoms with Crippen molar-refractivity contribution in [3.63, 3.8) is 0 Å². The van der Waals surface area contributed by atoms with E-state index < -0.39 is 0 Å². The number of nitrogens with zero attached hydrogens (tertiary/aromatic N) is 4. The van der Waals surface area contributed by atoms with Gasteiger partial charge < -0.3 is 5.32 Å². The first kappa shape index (κ1) is 11.2. The van der Waals surface area contributed by atoms with Gasteiger partial charge in [0.05, 0.1) is 12.2 Å². The highest BCUT2D eigenvalue weighted by Gasteiger charge is 2.07. The maximum atomic E-state index is 3.97. The van der Waals surface area contributed by atoms with E-state index in [-0.39, 0.29) is 0 Å². The Morgan fingerprint density at radius 2 is 2.25 bits per heavy atom. The van der Waals surface area contributed by atoms with Crippen LogP contribution in [0.1, 0.15) is 11.4 Å². The molecule has 1 N–H and O–H groups in total. The molecule has 1 heterocycles. The average Bonchev–Trinajstić information content (AvgIpc) is 2.71. The van der Waals surface area contributed by atoms with Crippen LogP contribution in [0.25, 0.3) is 5.69 Å². The molecule has 2 rings (SSSR count). The number of halogens is 1. The molecule has 1 aromatic heterocycles. The van der Waals surface area contributed by atoms with E-state index in [4.69, 9.17) is 0 Å². The van der Waals surface area contributed by atoms with E-state index in [2.05, 4.69) is 36.8 Å². The van der Waals surface area contributed by atoms with E-state index >= 15 is 0 Å². The van der Waals surface area contributed by atoms with Crippen molar-refractivity contribution in [2.45, 2.75) is 13.5 Å². The van der Waals surface area contributed by atoms with E-state index in [1.807, 2.05) is 32.2 Å². The first-order valence-electron chi connectivity index (χ1n) is 4.90. The summed E-state index contributed by atoms with van der Waals surface area (Å²) < 4.78 is 2.77. The Morgan fingerprint density at radius 1 is 1.44 bits per heavy atom. The van der Waals surface area contributed by atoms with Gasteiger partial charge in [0.25, 0.3) is 0 Å². The molecule has 0 aliphatic carbocycles. The Balaban J connectivity index is 2.42. The van der Waals surface area contributed by atoms with Gasteiger partial charge in [-0.1, -0.05) is 22.0 Å². The quantitative estimate of drug-likeness (QED) is 0.925. The summed E-state index contributed by atoms with van der Waals surface area (Å²) in [5.41, 5.74) is 2.14. The van der Waals surface area contributed by atoms with Crippen molar-refractivity contribution in [2.24, 2.45) is 0 Å². The van der Waals surface area contributed by atoms with Crippen LogP contribution in [0.4, 0.5) is 0 Å². The predicted molar refractivity (Wildman–Crippen MR) is 64.4 cm³/mol. The first-order valence-corrected chi connectivity index (χ1v) is 5.70. The second kappa shape index (κ2) is 4.71. The van der Waals surface area contributed by atoms with Crippen LogP contribution in [-0.4, -0.2) is 27.3 Å². The summed E-state index contributed by atoms with van der Waals surface area (Å²) in [6, 6.07) is 6.03. The number of nitrogens with one attached hydrogen (secondary N) is 1. The zero-order chi connectivity index (χ0) is 11.5. The molecule has 6 heteroatoms. The topological polar surface area (TPSA) is 55.6 Å². The summed E-state index contributed by atoms with van der Waals surface area (Å²) in [7, 11) is 1.87. The molecule has 0 spiro atoms. The normalized spacial score (nSPS) is 10.7. The molecular weight excluding hydrogens is 270 g/mol. The minimum absolute atomic E-state index is 0.637. The highest BCUT2D eigenvalue weighted by atomic mass is 79.9. The molecule has 1 aromatic carbocycles. The van der Waals surface area contributed by atoms with Crippen LogP contribution in [0.3, 0.4) is 0 Å². The standard InChI is InChI=1S/C10H12BrN5/c1-7-3-4-8(5-9(7)11)16-10(6-12-2)13-14-15-16/h3-5,12H,6H2,1-2H3. The lowest BCUT2D eigenvalue weighted by molar-refractivity contribution is 0.708. The second-order valence-electron chi connectivity index (χ2n) is 3.47. The Hall–Kier alpha value is -1.27. The molecule has 0 saturated carbocycles. The summed E-state index contributed by atoms with van der Waals surface area (Å²) >= 11 is 3.50. The molecular formula is C10H12BrN5. The van der Waals surface area contributed by atoms with Gasteiger partial charge in [0.2, 0.25) is 0 Å². The lowest BCUT2D eigenvalue weighted by atomic mass is 10.2. The molecule has 0 unspecified atom stereocenters. The van der Waals surface area contributed by atoms with Gasteiger partial charge in [0.1, 0.15) is 0 Å². The van der Waals surface area contributed by atoms with Crippen molar-refractivity contribution in [3.8, 4) is 5.69 Å². The first-order chi connectivity index (χ1) is 7.72. The number of hydrogen-bond donors (Lipinski definition) is 1. The fourth-order valence-corrected chi connectivity index (χ4v) is 1.75. The summed E-state index contributed by atoms with van der Waals surface area (Å²) in [5, 5.41) is 14.6. The van der Waals surface area contributed by atoms with E-state index in [1.54, 1.807) is 4.68 Å². The fourth-order valence-electron chi connectivity index (χ4n) is 1.39. The predicted octanol–water partition coefficient (Wildman–Crippen LogP) is 1.45. The van der Waals surface area contributed by atoms with Crippen LogP contribution in [0, 0.1) is 6.92 Å². The molecule has 0 aliphatic heterocycles. The highest BCUT2D eigenvalue weighted by molar-refractivity contribution is 9.10. The molecule has 2 aromatic rings. The summed E-state index contributed by atoms with van der Waals surface area (Å²) in [6.07, 6.45) is 0. The Bertz CT molecular complexity index is 494. The summed E-state index contributed by atoms with van der Waals surface area (Å²) in [4.78, 5) is 0. The number of tetrazole rings is 1. The summed E-state index contributed by atoms with van der Waals surface area (Å²) in [6.45, 7) is 2.68. The van der Waals surface area contributed by atoms with Crippen molar-refractivity contribution < 1.29 is 0 Å². The molecule has 0 fully saturated rings. The van der Waals surface area contributed by atoms with Gasteiger partial charge in [-0.3, -0.25) is 0 Å². The molecule has 5 nitrogen and oxygen atoms in total. The van der Waals surface area contributed by atoms with Crippen molar-refractivity contribution in [1.29, 1.82) is 0 Å². The lowest BCUT2D eigenvalue weighted by Gasteiger charge is -2.05. The maximum Gasteiger partial charge on any atom is 0.170 e. The van der Waals surface area contributed by atoms with Crippen LogP contribution in [0.2, 0.25) is 0 Å². The fraction of sp³-hybridized carbons (Fsp3) is 0.300. The van der Waals surface area contributed by atoms with Crippen LogP contribution in [0.15, 0.2) is 22.7 Å². The molecule has 84 valence electrons. The highest BCUT2D eigenvalue weighted by Crippen LogP contribution is 2.19.